The zero-order chi connectivity index (χ0) is 24.5. The Labute approximate surface area is 204 Å². The molecule has 0 saturated carbocycles. The smallest absolute Gasteiger partial charge is 0.248 e. The number of carbonyl (C=O) groups excluding carboxylic acids is 1. The summed E-state index contributed by atoms with van der Waals surface area (Å²) in [6.45, 7) is 3.66. The SMILES string of the molecule is NC(=O)c1ccc2c(c1)nc(NCCOCCCCNCc1cccc(CO)c1)c1ccncc12. The van der Waals surface area contributed by atoms with Crippen molar-refractivity contribution in [2.24, 2.45) is 5.73 Å². The number of pyridine rings is 2. The molecule has 0 bridgehead atoms. The lowest BCUT2D eigenvalue weighted by molar-refractivity contribution is 0.100. The standard InChI is InChI=1S/C27H31N5O3/c28-26(34)21-6-7-22-24-17-30-10-8-23(24)27(32-25(22)15-21)31-11-13-35-12-2-1-9-29-16-19-4-3-5-20(14-19)18-33/h3-8,10,14-15,17,29,33H,1-2,9,11-13,16,18H2,(H2,28,34)(H,31,32). The summed E-state index contributed by atoms with van der Waals surface area (Å²) in [4.78, 5) is 20.6. The van der Waals surface area contributed by atoms with Crippen LogP contribution in [0.15, 0.2) is 60.9 Å². The van der Waals surface area contributed by atoms with Gasteiger partial charge in [0.05, 0.1) is 18.7 Å². The molecule has 4 aromatic rings. The second-order valence-electron chi connectivity index (χ2n) is 8.38. The minimum Gasteiger partial charge on any atom is -0.392 e. The normalized spacial score (nSPS) is 11.2. The summed E-state index contributed by atoms with van der Waals surface area (Å²) in [6.07, 6.45) is 5.55. The van der Waals surface area contributed by atoms with E-state index in [1.54, 1.807) is 18.3 Å². The van der Waals surface area contributed by atoms with Crippen LogP contribution in [0.4, 0.5) is 5.82 Å². The van der Waals surface area contributed by atoms with Gasteiger partial charge in [0.15, 0.2) is 0 Å². The van der Waals surface area contributed by atoms with E-state index in [4.69, 9.17) is 15.5 Å². The Hall–Kier alpha value is -3.59. The van der Waals surface area contributed by atoms with Crippen molar-refractivity contribution < 1.29 is 14.6 Å². The summed E-state index contributed by atoms with van der Waals surface area (Å²) in [6, 6.07) is 15.2. The molecule has 0 fully saturated rings. The molecule has 2 heterocycles. The maximum Gasteiger partial charge on any atom is 0.248 e. The summed E-state index contributed by atoms with van der Waals surface area (Å²) >= 11 is 0. The first-order valence-electron chi connectivity index (χ1n) is 11.8. The Bertz CT molecular complexity index is 1290. The van der Waals surface area contributed by atoms with Crippen molar-refractivity contribution in [1.82, 2.24) is 15.3 Å². The van der Waals surface area contributed by atoms with Crippen LogP contribution in [0.3, 0.4) is 0 Å². The van der Waals surface area contributed by atoms with Crippen molar-refractivity contribution in [3.63, 3.8) is 0 Å². The maximum atomic E-state index is 11.6. The van der Waals surface area contributed by atoms with Crippen molar-refractivity contribution in [1.29, 1.82) is 0 Å². The quantitative estimate of drug-likeness (QED) is 0.173. The van der Waals surface area contributed by atoms with Crippen molar-refractivity contribution in [2.45, 2.75) is 26.0 Å². The van der Waals surface area contributed by atoms with Gasteiger partial charge in [0.2, 0.25) is 5.91 Å². The zero-order valence-electron chi connectivity index (χ0n) is 19.7. The molecule has 182 valence electrons. The van der Waals surface area contributed by atoms with E-state index in [-0.39, 0.29) is 6.61 Å². The number of benzene rings is 2. The van der Waals surface area contributed by atoms with E-state index in [0.717, 1.165) is 53.5 Å². The van der Waals surface area contributed by atoms with E-state index < -0.39 is 5.91 Å². The third-order valence-electron chi connectivity index (χ3n) is 5.82. The van der Waals surface area contributed by atoms with E-state index in [0.29, 0.717) is 30.8 Å². The molecular weight excluding hydrogens is 442 g/mol. The number of carbonyl (C=O) groups is 1. The van der Waals surface area contributed by atoms with E-state index in [1.807, 2.05) is 36.5 Å². The lowest BCUT2D eigenvalue weighted by atomic mass is 10.1. The molecule has 0 radical (unpaired) electrons. The molecular formula is C27H31N5O3. The monoisotopic (exact) mass is 473 g/mol. The molecule has 5 N–H and O–H groups in total. The van der Waals surface area contributed by atoms with Gasteiger partial charge in [-0.15, -0.1) is 0 Å². The van der Waals surface area contributed by atoms with Crippen LogP contribution in [-0.2, 0) is 17.9 Å². The van der Waals surface area contributed by atoms with Gasteiger partial charge in [-0.2, -0.15) is 0 Å². The maximum absolute atomic E-state index is 11.6. The fourth-order valence-corrected chi connectivity index (χ4v) is 4.00. The van der Waals surface area contributed by atoms with Crippen LogP contribution in [0.5, 0.6) is 0 Å². The van der Waals surface area contributed by atoms with Crippen LogP contribution in [0.2, 0.25) is 0 Å². The molecule has 1 amide bonds. The average Bonchev–Trinajstić information content (AvgIpc) is 2.89. The molecule has 8 nitrogen and oxygen atoms in total. The third-order valence-corrected chi connectivity index (χ3v) is 5.82. The van der Waals surface area contributed by atoms with E-state index in [1.165, 1.54) is 5.56 Å². The number of unbranched alkanes of at least 4 members (excludes halogenated alkanes) is 1. The molecule has 4 rings (SSSR count). The van der Waals surface area contributed by atoms with Gasteiger partial charge in [-0.3, -0.25) is 9.78 Å². The van der Waals surface area contributed by atoms with Crippen LogP contribution in [0.1, 0.15) is 34.3 Å². The highest BCUT2D eigenvalue weighted by molar-refractivity contribution is 6.11. The van der Waals surface area contributed by atoms with Gasteiger partial charge in [-0.05, 0) is 48.7 Å². The lowest BCUT2D eigenvalue weighted by Gasteiger charge is -2.12. The fourth-order valence-electron chi connectivity index (χ4n) is 4.00. The summed E-state index contributed by atoms with van der Waals surface area (Å²) in [5.41, 5.74) is 8.67. The number of nitrogens with zero attached hydrogens (tertiary/aromatic N) is 2. The largest absolute Gasteiger partial charge is 0.392 e. The van der Waals surface area contributed by atoms with Crippen LogP contribution >= 0.6 is 0 Å². The van der Waals surface area contributed by atoms with Crippen molar-refractivity contribution in [3.8, 4) is 0 Å². The van der Waals surface area contributed by atoms with E-state index in [9.17, 15) is 9.90 Å². The number of nitrogens with two attached hydrogens (primary N) is 1. The molecule has 35 heavy (non-hydrogen) atoms. The van der Waals surface area contributed by atoms with Crippen LogP contribution in [-0.4, -0.2) is 47.3 Å². The number of ether oxygens (including phenoxy) is 1. The highest BCUT2D eigenvalue weighted by atomic mass is 16.5. The number of primary amides is 1. The Morgan fingerprint density at radius 1 is 0.971 bits per heavy atom. The minimum absolute atomic E-state index is 0.0701. The summed E-state index contributed by atoms with van der Waals surface area (Å²) < 4.78 is 5.78. The molecule has 0 aliphatic heterocycles. The van der Waals surface area contributed by atoms with Crippen molar-refractivity contribution in [3.05, 3.63) is 77.6 Å². The Kier molecular flexibility index (Phi) is 8.56. The zero-order valence-corrected chi connectivity index (χ0v) is 19.7. The second kappa shape index (κ2) is 12.2. The molecule has 2 aromatic heterocycles. The molecule has 0 spiro atoms. The van der Waals surface area contributed by atoms with Gasteiger partial charge in [-0.1, -0.05) is 30.3 Å². The number of anilines is 1. The second-order valence-corrected chi connectivity index (χ2v) is 8.38. The third kappa shape index (κ3) is 6.51. The first-order chi connectivity index (χ1) is 17.2. The van der Waals surface area contributed by atoms with Gasteiger partial charge in [-0.25, -0.2) is 4.98 Å². The van der Waals surface area contributed by atoms with Gasteiger partial charge in [0.25, 0.3) is 0 Å². The van der Waals surface area contributed by atoms with Gasteiger partial charge >= 0.3 is 0 Å². The first-order valence-corrected chi connectivity index (χ1v) is 11.8. The molecule has 0 aliphatic rings. The first kappa shape index (κ1) is 24.5. The topological polar surface area (TPSA) is 122 Å². The molecule has 0 atom stereocenters. The molecule has 0 saturated heterocycles. The molecule has 2 aromatic carbocycles. The Morgan fingerprint density at radius 3 is 2.71 bits per heavy atom. The number of amides is 1. The fraction of sp³-hybridized carbons (Fsp3) is 0.296. The Morgan fingerprint density at radius 2 is 1.86 bits per heavy atom. The van der Waals surface area contributed by atoms with Crippen LogP contribution < -0.4 is 16.4 Å². The lowest BCUT2D eigenvalue weighted by Crippen LogP contribution is -2.16. The highest BCUT2D eigenvalue weighted by Crippen LogP contribution is 2.29. The van der Waals surface area contributed by atoms with Crippen molar-refractivity contribution >= 4 is 33.4 Å². The predicted octanol–water partition coefficient (Wildman–Crippen LogP) is 3.37. The molecule has 8 heteroatoms. The summed E-state index contributed by atoms with van der Waals surface area (Å²) in [7, 11) is 0. The van der Waals surface area contributed by atoms with Crippen LogP contribution in [0, 0.1) is 0 Å². The average molecular weight is 474 g/mol. The van der Waals surface area contributed by atoms with Gasteiger partial charge < -0.3 is 26.2 Å². The minimum atomic E-state index is -0.478. The number of nitrogens with one attached hydrogen (secondary N) is 2. The summed E-state index contributed by atoms with van der Waals surface area (Å²) in [5, 5.41) is 18.9. The van der Waals surface area contributed by atoms with E-state index in [2.05, 4.69) is 21.7 Å². The number of aliphatic hydroxyl groups is 1. The van der Waals surface area contributed by atoms with E-state index >= 15 is 0 Å². The Balaban J connectivity index is 1.21. The summed E-state index contributed by atoms with van der Waals surface area (Å²) in [5.74, 6) is 0.253. The molecule has 0 unspecified atom stereocenters. The predicted molar refractivity (Wildman–Crippen MR) is 138 cm³/mol. The van der Waals surface area contributed by atoms with Gasteiger partial charge in [0, 0.05) is 53.8 Å². The number of aromatic nitrogens is 2. The van der Waals surface area contributed by atoms with Gasteiger partial charge in [0.1, 0.15) is 5.82 Å². The van der Waals surface area contributed by atoms with Crippen LogP contribution in [0.25, 0.3) is 21.7 Å². The highest BCUT2D eigenvalue weighted by Gasteiger charge is 2.10. The number of aliphatic hydroxyl groups excluding tert-OH is 1. The number of hydrogen-bond acceptors (Lipinski definition) is 7. The molecule has 0 aliphatic carbocycles. The number of fused-ring (bicyclic) bond motifs is 3. The number of hydrogen-bond donors (Lipinski definition) is 4. The van der Waals surface area contributed by atoms with Crippen molar-refractivity contribution in [2.75, 3.05) is 31.6 Å². The number of rotatable bonds is 13.